The lowest BCUT2D eigenvalue weighted by atomic mass is 10.3. The van der Waals surface area contributed by atoms with Gasteiger partial charge in [-0.3, -0.25) is 4.90 Å². The third kappa shape index (κ3) is 2.43. The summed E-state index contributed by atoms with van der Waals surface area (Å²) >= 11 is 0. The molecule has 11 heavy (non-hydrogen) atoms. The molecule has 1 aliphatic rings. The number of hydrogen-bond acceptors (Lipinski definition) is 2. The van der Waals surface area contributed by atoms with Gasteiger partial charge in [0.05, 0.1) is 19.6 Å². The molecule has 0 aromatic heterocycles. The van der Waals surface area contributed by atoms with Crippen LogP contribution in [0.5, 0.6) is 0 Å². The zero-order valence-corrected chi connectivity index (χ0v) is 7.55. The van der Waals surface area contributed by atoms with Crippen molar-refractivity contribution in [3.8, 4) is 0 Å². The van der Waals surface area contributed by atoms with Gasteiger partial charge < -0.3 is 9.85 Å². The molecule has 1 aliphatic heterocycles. The Labute approximate surface area is 68.8 Å². The van der Waals surface area contributed by atoms with E-state index in [1.165, 1.54) is 0 Å². The Morgan fingerprint density at radius 1 is 1.36 bits per heavy atom. The van der Waals surface area contributed by atoms with Gasteiger partial charge in [-0.25, -0.2) is 0 Å². The maximum absolute atomic E-state index is 11.8. The van der Waals surface area contributed by atoms with Gasteiger partial charge in [0.25, 0.3) is 0 Å². The molecule has 0 spiro atoms. The fourth-order valence-corrected chi connectivity index (χ4v) is 1.56. The Balaban J connectivity index is 2.35. The van der Waals surface area contributed by atoms with E-state index in [4.69, 9.17) is 0 Å². The van der Waals surface area contributed by atoms with E-state index in [2.05, 4.69) is 18.9 Å². The SMILES string of the molecule is CCC[N+]1([O-])CCN(C)CC1. The Morgan fingerprint density at radius 2 is 1.91 bits per heavy atom. The van der Waals surface area contributed by atoms with E-state index < -0.39 is 0 Å². The maximum Gasteiger partial charge on any atom is 0.0913 e. The van der Waals surface area contributed by atoms with Crippen molar-refractivity contribution in [1.82, 2.24) is 4.90 Å². The topological polar surface area (TPSA) is 26.3 Å². The predicted molar refractivity (Wildman–Crippen MR) is 46.0 cm³/mol. The number of rotatable bonds is 2. The van der Waals surface area contributed by atoms with Crippen molar-refractivity contribution in [1.29, 1.82) is 0 Å². The number of hydrogen-bond donors (Lipinski definition) is 0. The summed E-state index contributed by atoms with van der Waals surface area (Å²) < 4.78 is 0.0425. The van der Waals surface area contributed by atoms with Crippen LogP contribution in [0.1, 0.15) is 13.3 Å². The summed E-state index contributed by atoms with van der Waals surface area (Å²) in [5, 5.41) is 11.8. The van der Waals surface area contributed by atoms with Crippen molar-refractivity contribution in [3.63, 3.8) is 0 Å². The highest BCUT2D eigenvalue weighted by Gasteiger charge is 2.21. The van der Waals surface area contributed by atoms with E-state index in [9.17, 15) is 5.21 Å². The molecule has 1 heterocycles. The molecule has 0 N–H and O–H groups in total. The zero-order chi connectivity index (χ0) is 8.32. The number of piperazine rings is 1. The second kappa shape index (κ2) is 3.52. The fourth-order valence-electron chi connectivity index (χ4n) is 1.56. The number of nitrogens with zero attached hydrogens (tertiary/aromatic N) is 2. The summed E-state index contributed by atoms with van der Waals surface area (Å²) in [5.74, 6) is 0. The van der Waals surface area contributed by atoms with Gasteiger partial charge in [0.15, 0.2) is 0 Å². The molecule has 0 saturated carbocycles. The van der Waals surface area contributed by atoms with Crippen LogP contribution < -0.4 is 0 Å². The summed E-state index contributed by atoms with van der Waals surface area (Å²) in [6.07, 6.45) is 1.01. The minimum atomic E-state index is 0.0425. The van der Waals surface area contributed by atoms with Gasteiger partial charge in [-0.15, -0.1) is 0 Å². The zero-order valence-electron chi connectivity index (χ0n) is 7.55. The fraction of sp³-hybridized carbons (Fsp3) is 1.00. The van der Waals surface area contributed by atoms with Crippen LogP contribution in [-0.4, -0.2) is 49.3 Å². The molecule has 1 saturated heterocycles. The summed E-state index contributed by atoms with van der Waals surface area (Å²) in [6.45, 7) is 6.37. The van der Waals surface area contributed by atoms with Gasteiger partial charge in [-0.2, -0.15) is 0 Å². The number of likely N-dealkylation sites (N-methyl/N-ethyl adjacent to an activating group) is 1. The van der Waals surface area contributed by atoms with Crippen molar-refractivity contribution >= 4 is 0 Å². The van der Waals surface area contributed by atoms with Crippen LogP contribution in [-0.2, 0) is 0 Å². The Hall–Kier alpha value is -0.120. The van der Waals surface area contributed by atoms with E-state index in [0.29, 0.717) is 0 Å². The second-order valence-corrected chi connectivity index (χ2v) is 3.53. The molecular formula is C8H18N2O. The summed E-state index contributed by atoms with van der Waals surface area (Å²) in [4.78, 5) is 2.23. The van der Waals surface area contributed by atoms with Crippen LogP contribution in [0.15, 0.2) is 0 Å². The molecule has 0 radical (unpaired) electrons. The quantitative estimate of drug-likeness (QED) is 0.436. The Kier molecular flexibility index (Phi) is 2.87. The van der Waals surface area contributed by atoms with E-state index in [1.807, 2.05) is 0 Å². The smallest absolute Gasteiger partial charge is 0.0913 e. The standard InChI is InChI=1S/C8H18N2O/c1-3-6-10(11)7-4-9(2)5-8-10/h3-8H2,1-2H3. The molecule has 0 aromatic carbocycles. The van der Waals surface area contributed by atoms with Crippen molar-refractivity contribution < 1.29 is 4.65 Å². The van der Waals surface area contributed by atoms with Crippen LogP contribution in [0.25, 0.3) is 0 Å². The van der Waals surface area contributed by atoms with Gasteiger partial charge in [0, 0.05) is 13.1 Å². The van der Waals surface area contributed by atoms with Crippen LogP contribution in [0.2, 0.25) is 0 Å². The Bertz CT molecular complexity index is 119. The van der Waals surface area contributed by atoms with E-state index in [-0.39, 0.29) is 4.65 Å². The van der Waals surface area contributed by atoms with E-state index in [0.717, 1.165) is 39.1 Å². The monoisotopic (exact) mass is 158 g/mol. The van der Waals surface area contributed by atoms with Crippen LogP contribution in [0.4, 0.5) is 0 Å². The van der Waals surface area contributed by atoms with Crippen LogP contribution in [0, 0.1) is 5.21 Å². The van der Waals surface area contributed by atoms with E-state index in [1.54, 1.807) is 0 Å². The predicted octanol–water partition coefficient (Wildman–Crippen LogP) is 0.656. The van der Waals surface area contributed by atoms with Gasteiger partial charge >= 0.3 is 0 Å². The molecule has 0 unspecified atom stereocenters. The number of quaternary nitrogens is 1. The molecule has 0 aliphatic carbocycles. The van der Waals surface area contributed by atoms with Gasteiger partial charge in [-0.1, -0.05) is 6.92 Å². The lowest BCUT2D eigenvalue weighted by Gasteiger charge is -2.47. The van der Waals surface area contributed by atoms with Crippen molar-refractivity contribution in [3.05, 3.63) is 5.21 Å². The molecule has 0 aromatic rings. The minimum absolute atomic E-state index is 0.0425. The summed E-state index contributed by atoms with van der Waals surface area (Å²) in [6, 6.07) is 0. The van der Waals surface area contributed by atoms with Crippen LogP contribution >= 0.6 is 0 Å². The molecule has 1 fully saturated rings. The molecule has 1 rings (SSSR count). The van der Waals surface area contributed by atoms with Gasteiger partial charge in [0.2, 0.25) is 0 Å². The van der Waals surface area contributed by atoms with Crippen molar-refractivity contribution in [2.75, 3.05) is 39.8 Å². The molecule has 3 heteroatoms. The lowest BCUT2D eigenvalue weighted by molar-refractivity contribution is -0.885. The minimum Gasteiger partial charge on any atom is -0.633 e. The molecule has 3 nitrogen and oxygen atoms in total. The highest BCUT2D eigenvalue weighted by molar-refractivity contribution is 4.59. The highest BCUT2D eigenvalue weighted by Crippen LogP contribution is 2.10. The first-order valence-corrected chi connectivity index (χ1v) is 4.42. The summed E-state index contributed by atoms with van der Waals surface area (Å²) in [7, 11) is 2.08. The molecular weight excluding hydrogens is 140 g/mol. The van der Waals surface area contributed by atoms with E-state index >= 15 is 0 Å². The first-order chi connectivity index (χ1) is 5.16. The first kappa shape index (κ1) is 8.97. The maximum atomic E-state index is 11.8. The molecule has 0 atom stereocenters. The molecule has 66 valence electrons. The first-order valence-electron chi connectivity index (χ1n) is 4.42. The van der Waals surface area contributed by atoms with Crippen LogP contribution in [0.3, 0.4) is 0 Å². The highest BCUT2D eigenvalue weighted by atomic mass is 16.5. The summed E-state index contributed by atoms with van der Waals surface area (Å²) in [5.41, 5.74) is 0. The Morgan fingerprint density at radius 3 is 2.36 bits per heavy atom. The van der Waals surface area contributed by atoms with Gasteiger partial charge in [0.1, 0.15) is 0 Å². The average molecular weight is 158 g/mol. The second-order valence-electron chi connectivity index (χ2n) is 3.53. The largest absolute Gasteiger partial charge is 0.633 e. The molecule has 0 amide bonds. The average Bonchev–Trinajstić information content (AvgIpc) is 1.97. The normalized spacial score (nSPS) is 25.4. The number of hydroxylamine groups is 3. The molecule has 0 bridgehead atoms. The van der Waals surface area contributed by atoms with Gasteiger partial charge in [-0.05, 0) is 13.5 Å². The van der Waals surface area contributed by atoms with Crippen molar-refractivity contribution in [2.45, 2.75) is 13.3 Å². The third-order valence-electron chi connectivity index (χ3n) is 2.41. The lowest BCUT2D eigenvalue weighted by Crippen LogP contribution is -2.55. The third-order valence-corrected chi connectivity index (χ3v) is 2.41. The van der Waals surface area contributed by atoms with Crippen molar-refractivity contribution in [2.24, 2.45) is 0 Å².